The molecule has 0 aromatic carbocycles. The normalized spacial score (nSPS) is 39.5. The van der Waals surface area contributed by atoms with E-state index in [-0.39, 0.29) is 29.0 Å². The van der Waals surface area contributed by atoms with Crippen LogP contribution in [-0.4, -0.2) is 0 Å². The maximum atomic E-state index is 7.93. The second-order valence-corrected chi connectivity index (χ2v) is 5.70. The van der Waals surface area contributed by atoms with Crippen molar-refractivity contribution >= 4 is 0 Å². The Bertz CT molecular complexity index is 183. The predicted octanol–water partition coefficient (Wildman–Crippen LogP) is 3.86. The van der Waals surface area contributed by atoms with E-state index >= 15 is 0 Å². The molecule has 0 nitrogen and oxygen atoms in total. The van der Waals surface area contributed by atoms with Crippen molar-refractivity contribution in [1.29, 1.82) is 0 Å². The van der Waals surface area contributed by atoms with Gasteiger partial charge < -0.3 is 0 Å². The van der Waals surface area contributed by atoms with Crippen molar-refractivity contribution in [3.05, 3.63) is 0 Å². The molecule has 66 valence electrons. The molecular formula is C11H22. The molecule has 0 aliphatic heterocycles. The maximum Gasteiger partial charge on any atom is 0.0273 e. The Morgan fingerprint density at radius 3 is 1.18 bits per heavy atom. The second-order valence-electron chi connectivity index (χ2n) is 5.70. The first-order valence-corrected chi connectivity index (χ1v) is 4.41. The molecule has 1 saturated carbocycles. The summed E-state index contributed by atoms with van der Waals surface area (Å²) >= 11 is 0. The van der Waals surface area contributed by atoms with Crippen LogP contribution in [0.3, 0.4) is 0 Å². The summed E-state index contributed by atoms with van der Waals surface area (Å²) in [4.78, 5) is 0. The number of rotatable bonds is 0. The molecular weight excluding hydrogens is 132 g/mol. The van der Waals surface area contributed by atoms with Gasteiger partial charge in [-0.25, -0.2) is 0 Å². The Hall–Kier alpha value is 0. The molecule has 1 aliphatic carbocycles. The highest BCUT2D eigenvalue weighted by Gasteiger charge is 2.58. The maximum absolute atomic E-state index is 7.93. The fraction of sp³-hybridized carbons (Fsp3) is 1.00. The van der Waals surface area contributed by atoms with E-state index in [1.54, 1.807) is 0 Å². The van der Waals surface area contributed by atoms with E-state index in [1.165, 1.54) is 0 Å². The van der Waals surface area contributed by atoms with Gasteiger partial charge >= 0.3 is 0 Å². The van der Waals surface area contributed by atoms with Crippen LogP contribution in [-0.2, 0) is 0 Å². The third-order valence-electron chi connectivity index (χ3n) is 2.98. The van der Waals surface area contributed by atoms with Crippen LogP contribution in [0.15, 0.2) is 0 Å². The van der Waals surface area contributed by atoms with Crippen LogP contribution in [0.1, 0.15) is 57.1 Å². The molecule has 1 fully saturated rings. The van der Waals surface area contributed by atoms with Gasteiger partial charge in [-0.15, -0.1) is 0 Å². The van der Waals surface area contributed by atoms with Crippen LogP contribution in [0.25, 0.3) is 0 Å². The average Bonchev–Trinajstić information content (AvgIpc) is 2.32. The molecule has 0 aromatic rings. The first-order chi connectivity index (χ1) is 5.57. The van der Waals surface area contributed by atoms with Gasteiger partial charge in [-0.05, 0) is 29.0 Å². The molecule has 0 N–H and O–H groups in total. The summed E-state index contributed by atoms with van der Waals surface area (Å²) in [5, 5.41) is 0. The van der Waals surface area contributed by atoms with Crippen LogP contribution < -0.4 is 0 Å². The third-order valence-corrected chi connectivity index (χ3v) is 2.98. The van der Waals surface area contributed by atoms with Crippen molar-refractivity contribution in [2.24, 2.45) is 16.2 Å². The van der Waals surface area contributed by atoms with Gasteiger partial charge in [-0.2, -0.15) is 0 Å². The Balaban J connectivity index is 3.09. The predicted molar refractivity (Wildman–Crippen MR) is 50.6 cm³/mol. The summed E-state index contributed by atoms with van der Waals surface area (Å²) in [6.45, 7) is 13.0. The zero-order valence-corrected chi connectivity index (χ0v) is 8.65. The zero-order chi connectivity index (χ0) is 10.7. The fourth-order valence-electron chi connectivity index (χ4n) is 2.21. The van der Waals surface area contributed by atoms with Gasteiger partial charge in [-0.1, -0.05) is 41.5 Å². The standard InChI is InChI=1S/C11H22/c1-9(2,3)11(7-8-11)10(4,5)6/h7-8H2,1-6H3/i7D,8D. The molecule has 2 atom stereocenters. The Labute approximate surface area is 74.2 Å². The van der Waals surface area contributed by atoms with E-state index in [0.29, 0.717) is 0 Å². The lowest BCUT2D eigenvalue weighted by Crippen LogP contribution is -2.34. The van der Waals surface area contributed by atoms with Crippen molar-refractivity contribution in [2.45, 2.75) is 54.3 Å². The van der Waals surface area contributed by atoms with Gasteiger partial charge in [-0.3, -0.25) is 0 Å². The quantitative estimate of drug-likeness (QED) is 0.499. The highest BCUT2D eigenvalue weighted by Crippen LogP contribution is 2.67. The van der Waals surface area contributed by atoms with Crippen LogP contribution in [0.4, 0.5) is 0 Å². The molecule has 1 aliphatic rings. The molecule has 0 amide bonds. The van der Waals surface area contributed by atoms with Crippen molar-refractivity contribution in [3.8, 4) is 0 Å². The van der Waals surface area contributed by atoms with Crippen LogP contribution in [0, 0.1) is 16.2 Å². The third kappa shape index (κ3) is 1.21. The van der Waals surface area contributed by atoms with E-state index in [0.717, 1.165) is 0 Å². The first-order valence-electron chi connectivity index (χ1n) is 5.57. The molecule has 0 heterocycles. The fourth-order valence-corrected chi connectivity index (χ4v) is 2.21. The van der Waals surface area contributed by atoms with Crippen LogP contribution in [0.2, 0.25) is 0 Å². The van der Waals surface area contributed by atoms with E-state index in [1.807, 2.05) is 0 Å². The molecule has 1 rings (SSSR count). The minimum absolute atomic E-state index is 0.0596. The lowest BCUT2D eigenvalue weighted by Gasteiger charge is -2.41. The van der Waals surface area contributed by atoms with Gasteiger partial charge in [0.1, 0.15) is 0 Å². The zero-order valence-electron chi connectivity index (χ0n) is 10.7. The van der Waals surface area contributed by atoms with Crippen LogP contribution >= 0.6 is 0 Å². The Kier molecular flexibility index (Phi) is 1.20. The van der Waals surface area contributed by atoms with E-state index in [2.05, 4.69) is 41.5 Å². The SMILES string of the molecule is [2H]C1C([2H])C1(C(C)(C)C)C(C)(C)C. The second kappa shape index (κ2) is 2.02. The summed E-state index contributed by atoms with van der Waals surface area (Å²) in [7, 11) is 0. The van der Waals surface area contributed by atoms with E-state index in [4.69, 9.17) is 2.74 Å². The van der Waals surface area contributed by atoms with E-state index < -0.39 is 0 Å². The smallest absolute Gasteiger partial charge is 0.0273 e. The minimum atomic E-state index is -0.201. The molecule has 0 saturated heterocycles. The summed E-state index contributed by atoms with van der Waals surface area (Å²) in [5.41, 5.74) is -0.00579. The van der Waals surface area contributed by atoms with Gasteiger partial charge in [0.15, 0.2) is 0 Å². The molecule has 0 heteroatoms. The average molecular weight is 156 g/mol. The monoisotopic (exact) mass is 156 g/mol. The summed E-state index contributed by atoms with van der Waals surface area (Å²) in [5.74, 6) is 0. The van der Waals surface area contributed by atoms with Crippen LogP contribution in [0.5, 0.6) is 0 Å². The molecule has 0 aromatic heterocycles. The number of hydrogen-bond acceptors (Lipinski definition) is 0. The largest absolute Gasteiger partial charge is 0.0596 e. The van der Waals surface area contributed by atoms with Gasteiger partial charge in [0.2, 0.25) is 0 Å². The van der Waals surface area contributed by atoms with Crippen molar-refractivity contribution in [2.75, 3.05) is 0 Å². The topological polar surface area (TPSA) is 0 Å². The first kappa shape index (κ1) is 6.51. The molecule has 0 radical (unpaired) electrons. The highest BCUT2D eigenvalue weighted by atomic mass is 14.6. The highest BCUT2D eigenvalue weighted by molar-refractivity contribution is 5.08. The summed E-state index contributed by atoms with van der Waals surface area (Å²) in [6.07, 6.45) is -0.403. The molecule has 11 heavy (non-hydrogen) atoms. The Morgan fingerprint density at radius 1 is 0.909 bits per heavy atom. The lowest BCUT2D eigenvalue weighted by atomic mass is 9.63. The summed E-state index contributed by atoms with van der Waals surface area (Å²) < 4.78 is 15.9. The number of hydrogen-bond donors (Lipinski definition) is 0. The lowest BCUT2D eigenvalue weighted by molar-refractivity contribution is 0.0745. The summed E-state index contributed by atoms with van der Waals surface area (Å²) in [6, 6.07) is 0. The van der Waals surface area contributed by atoms with E-state index in [9.17, 15) is 0 Å². The Morgan fingerprint density at radius 2 is 1.18 bits per heavy atom. The van der Waals surface area contributed by atoms with Crippen molar-refractivity contribution in [1.82, 2.24) is 0 Å². The van der Waals surface area contributed by atoms with Gasteiger partial charge in [0, 0.05) is 2.74 Å². The minimum Gasteiger partial charge on any atom is -0.0596 e. The molecule has 0 bridgehead atoms. The molecule has 0 spiro atoms. The van der Waals surface area contributed by atoms with Gasteiger partial charge in [0.05, 0.1) is 0 Å². The molecule has 2 unspecified atom stereocenters. The van der Waals surface area contributed by atoms with Gasteiger partial charge in [0.25, 0.3) is 0 Å². The van der Waals surface area contributed by atoms with Crippen molar-refractivity contribution < 1.29 is 2.74 Å². The van der Waals surface area contributed by atoms with Crippen molar-refractivity contribution in [3.63, 3.8) is 0 Å².